The third kappa shape index (κ3) is 3.68. The van der Waals surface area contributed by atoms with Crippen molar-refractivity contribution in [1.82, 2.24) is 19.4 Å². The van der Waals surface area contributed by atoms with Gasteiger partial charge < -0.3 is 9.63 Å². The summed E-state index contributed by atoms with van der Waals surface area (Å²) in [5.74, 6) is -1.61. The van der Waals surface area contributed by atoms with Gasteiger partial charge in [0.1, 0.15) is 16.7 Å². The molecular formula is C14H14N6O5S. The second-order valence-corrected chi connectivity index (χ2v) is 7.27. The van der Waals surface area contributed by atoms with Crippen molar-refractivity contribution in [3.8, 4) is 6.07 Å². The van der Waals surface area contributed by atoms with E-state index >= 15 is 0 Å². The van der Waals surface area contributed by atoms with Gasteiger partial charge in [0.2, 0.25) is 16.0 Å². The Hall–Kier alpha value is -3.30. The van der Waals surface area contributed by atoms with Gasteiger partial charge in [0.15, 0.2) is 11.3 Å². The first-order valence-electron chi connectivity index (χ1n) is 6.99. The Balaban J connectivity index is 2.27. The fourth-order valence-electron chi connectivity index (χ4n) is 1.76. The fourth-order valence-corrected chi connectivity index (χ4v) is 2.55. The van der Waals surface area contributed by atoms with Crippen molar-refractivity contribution in [2.75, 3.05) is 19.4 Å². The fraction of sp³-hybridized carbons (Fsp3) is 0.214. The van der Waals surface area contributed by atoms with Gasteiger partial charge in [-0.15, -0.1) is 0 Å². The van der Waals surface area contributed by atoms with E-state index < -0.39 is 27.3 Å². The lowest BCUT2D eigenvalue weighted by atomic mass is 10.1. The summed E-state index contributed by atoms with van der Waals surface area (Å²) in [6.07, 6.45) is 3.18. The molecular weight excluding hydrogens is 364 g/mol. The van der Waals surface area contributed by atoms with E-state index in [9.17, 15) is 18.3 Å². The highest BCUT2D eigenvalue weighted by Crippen LogP contribution is 2.20. The van der Waals surface area contributed by atoms with Crippen LogP contribution >= 0.6 is 0 Å². The van der Waals surface area contributed by atoms with Crippen LogP contribution in [0.1, 0.15) is 11.3 Å². The van der Waals surface area contributed by atoms with E-state index in [2.05, 4.69) is 20.4 Å². The van der Waals surface area contributed by atoms with Crippen molar-refractivity contribution in [2.24, 2.45) is 0 Å². The zero-order valence-corrected chi connectivity index (χ0v) is 14.8. The summed E-state index contributed by atoms with van der Waals surface area (Å²) in [5, 5.41) is 24.9. The Morgan fingerprint density at radius 1 is 1.31 bits per heavy atom. The van der Waals surface area contributed by atoms with E-state index in [1.165, 1.54) is 21.0 Å². The molecule has 2 heterocycles. The number of carbonyl (C=O) groups excluding carboxylic acids is 1. The van der Waals surface area contributed by atoms with Crippen LogP contribution in [0.2, 0.25) is 0 Å². The SMILES string of the molecule is Cc1oncc1/C(O)=C(\C#N)C(=O)Nc1ncc(S(=O)(=O)N(C)C)cn1. The quantitative estimate of drug-likeness (QED) is 0.427. The van der Waals surface area contributed by atoms with Crippen molar-refractivity contribution in [3.05, 3.63) is 35.5 Å². The minimum absolute atomic E-state index is 0.0880. The summed E-state index contributed by atoms with van der Waals surface area (Å²) in [4.78, 5) is 19.5. The number of aromatic nitrogens is 3. The Kier molecular flexibility index (Phi) is 5.34. The van der Waals surface area contributed by atoms with Crippen LogP contribution in [0.4, 0.5) is 5.95 Å². The van der Waals surface area contributed by atoms with Crippen LogP contribution in [0.15, 0.2) is 33.6 Å². The maximum atomic E-state index is 12.2. The molecule has 0 aliphatic rings. The Morgan fingerprint density at radius 2 is 1.92 bits per heavy atom. The number of anilines is 1. The Labute approximate surface area is 148 Å². The van der Waals surface area contributed by atoms with Gasteiger partial charge in [0.05, 0.1) is 24.2 Å². The summed E-state index contributed by atoms with van der Waals surface area (Å²) in [6.45, 7) is 1.50. The van der Waals surface area contributed by atoms with Crippen molar-refractivity contribution in [1.29, 1.82) is 5.26 Å². The Morgan fingerprint density at radius 3 is 2.38 bits per heavy atom. The lowest BCUT2D eigenvalue weighted by Crippen LogP contribution is -2.23. The number of aliphatic hydroxyl groups excluding tert-OH is 1. The summed E-state index contributed by atoms with van der Waals surface area (Å²) >= 11 is 0. The monoisotopic (exact) mass is 378 g/mol. The van der Waals surface area contributed by atoms with Crippen LogP contribution in [-0.4, -0.2) is 53.0 Å². The third-order valence-corrected chi connectivity index (χ3v) is 4.98. The van der Waals surface area contributed by atoms with Gasteiger partial charge >= 0.3 is 0 Å². The van der Waals surface area contributed by atoms with Crippen molar-refractivity contribution >= 4 is 27.6 Å². The molecule has 0 fully saturated rings. The molecule has 136 valence electrons. The maximum Gasteiger partial charge on any atom is 0.272 e. The molecule has 0 spiro atoms. The van der Waals surface area contributed by atoms with Gasteiger partial charge in [0, 0.05) is 14.1 Å². The highest BCUT2D eigenvalue weighted by Gasteiger charge is 2.22. The average molecular weight is 378 g/mol. The van der Waals surface area contributed by atoms with E-state index in [0.717, 1.165) is 22.9 Å². The van der Waals surface area contributed by atoms with Gasteiger partial charge in [-0.2, -0.15) is 5.26 Å². The second-order valence-electron chi connectivity index (χ2n) is 5.11. The predicted molar refractivity (Wildman–Crippen MR) is 87.9 cm³/mol. The minimum Gasteiger partial charge on any atom is -0.506 e. The molecule has 0 radical (unpaired) electrons. The van der Waals surface area contributed by atoms with E-state index in [-0.39, 0.29) is 22.2 Å². The van der Waals surface area contributed by atoms with Crippen LogP contribution in [0.25, 0.3) is 5.76 Å². The molecule has 1 amide bonds. The number of sulfonamides is 1. The van der Waals surface area contributed by atoms with E-state index in [1.54, 1.807) is 6.07 Å². The summed E-state index contributed by atoms with van der Waals surface area (Å²) < 4.78 is 29.6. The number of carbonyl (C=O) groups is 1. The number of nitriles is 1. The highest BCUT2D eigenvalue weighted by molar-refractivity contribution is 7.89. The van der Waals surface area contributed by atoms with Gasteiger partial charge in [-0.05, 0) is 6.92 Å². The third-order valence-electron chi connectivity index (χ3n) is 3.21. The lowest BCUT2D eigenvalue weighted by Gasteiger charge is -2.10. The van der Waals surface area contributed by atoms with Crippen LogP contribution in [0.5, 0.6) is 0 Å². The molecule has 26 heavy (non-hydrogen) atoms. The van der Waals surface area contributed by atoms with Crippen LogP contribution < -0.4 is 5.32 Å². The van der Waals surface area contributed by atoms with Gasteiger partial charge in [-0.25, -0.2) is 22.7 Å². The molecule has 0 unspecified atom stereocenters. The number of aliphatic hydroxyl groups is 1. The molecule has 2 aromatic rings. The molecule has 0 aliphatic carbocycles. The molecule has 0 aromatic carbocycles. The molecule has 2 rings (SSSR count). The molecule has 0 saturated heterocycles. The Bertz CT molecular complexity index is 1000. The number of hydrogen-bond donors (Lipinski definition) is 2. The maximum absolute atomic E-state index is 12.2. The largest absolute Gasteiger partial charge is 0.506 e. The topological polar surface area (TPSA) is 162 Å². The van der Waals surface area contributed by atoms with Crippen LogP contribution in [0, 0.1) is 18.3 Å². The number of nitrogens with zero attached hydrogens (tertiary/aromatic N) is 5. The normalized spacial score (nSPS) is 12.4. The average Bonchev–Trinajstić information content (AvgIpc) is 3.01. The number of rotatable bonds is 5. The van der Waals surface area contributed by atoms with Crippen LogP contribution in [-0.2, 0) is 14.8 Å². The van der Waals surface area contributed by atoms with Gasteiger partial charge in [0.25, 0.3) is 5.91 Å². The van der Waals surface area contributed by atoms with Gasteiger partial charge in [-0.3, -0.25) is 10.1 Å². The number of hydrogen-bond acceptors (Lipinski definition) is 9. The van der Waals surface area contributed by atoms with Crippen molar-refractivity contribution in [2.45, 2.75) is 11.8 Å². The first kappa shape index (κ1) is 19.0. The molecule has 0 atom stereocenters. The molecule has 0 saturated carbocycles. The number of aryl methyl sites for hydroxylation is 1. The minimum atomic E-state index is -3.71. The summed E-state index contributed by atoms with van der Waals surface area (Å²) in [6, 6.07) is 1.58. The molecule has 2 N–H and O–H groups in total. The standard InChI is InChI=1S/C14H14N6O5S/c1-8-11(7-18-25-8)12(21)10(4-15)13(22)19-14-16-5-9(6-17-14)26(23,24)20(2)3/h5-7,21H,1-3H3,(H,16,17,19,22)/b12-10-. The van der Waals surface area contributed by atoms with E-state index in [4.69, 9.17) is 9.78 Å². The lowest BCUT2D eigenvalue weighted by molar-refractivity contribution is -0.112. The smallest absolute Gasteiger partial charge is 0.272 e. The predicted octanol–water partition coefficient (Wildman–Crippen LogP) is 0.455. The molecule has 0 bridgehead atoms. The van der Waals surface area contributed by atoms with E-state index in [1.807, 2.05) is 0 Å². The first-order chi connectivity index (χ1) is 12.2. The zero-order chi connectivity index (χ0) is 19.5. The van der Waals surface area contributed by atoms with Crippen molar-refractivity contribution in [3.63, 3.8) is 0 Å². The van der Waals surface area contributed by atoms with Crippen molar-refractivity contribution < 1.29 is 22.8 Å². The number of amides is 1. The highest BCUT2D eigenvalue weighted by atomic mass is 32.2. The van der Waals surface area contributed by atoms with Crippen LogP contribution in [0.3, 0.4) is 0 Å². The first-order valence-corrected chi connectivity index (χ1v) is 8.43. The van der Waals surface area contributed by atoms with Gasteiger partial charge in [-0.1, -0.05) is 5.16 Å². The number of nitrogens with one attached hydrogen (secondary N) is 1. The molecule has 0 aliphatic heterocycles. The summed E-state index contributed by atoms with van der Waals surface area (Å²) in [5.41, 5.74) is -0.519. The molecule has 12 heteroatoms. The van der Waals surface area contributed by atoms with E-state index in [0.29, 0.717) is 0 Å². The zero-order valence-electron chi connectivity index (χ0n) is 14.0. The molecule has 11 nitrogen and oxygen atoms in total. The second kappa shape index (κ2) is 7.30. The molecule has 2 aromatic heterocycles. The summed E-state index contributed by atoms with van der Waals surface area (Å²) in [7, 11) is -1.01.